The molecular weight excluding hydrogens is 328 g/mol. The number of carbonyl (C=O) groups excluding carboxylic acids is 1. The van der Waals surface area contributed by atoms with Crippen molar-refractivity contribution in [2.75, 3.05) is 14.2 Å². The summed E-state index contributed by atoms with van der Waals surface area (Å²) < 4.78 is 5.24. The molecule has 0 fully saturated rings. The summed E-state index contributed by atoms with van der Waals surface area (Å²) >= 11 is 0. The minimum atomic E-state index is -0.109. The van der Waals surface area contributed by atoms with Gasteiger partial charge < -0.3 is 9.64 Å². The van der Waals surface area contributed by atoms with E-state index in [0.29, 0.717) is 11.4 Å². The van der Waals surface area contributed by atoms with Crippen molar-refractivity contribution in [2.45, 2.75) is 19.4 Å². The molecule has 6 nitrogen and oxygen atoms in total. The van der Waals surface area contributed by atoms with E-state index < -0.39 is 0 Å². The average Bonchev–Trinajstić information content (AvgIpc) is 3.19. The van der Waals surface area contributed by atoms with E-state index in [0.717, 1.165) is 23.3 Å². The Morgan fingerprint density at radius 3 is 2.81 bits per heavy atom. The number of hydrogen-bond donors (Lipinski definition) is 1. The maximum Gasteiger partial charge on any atom is 0.272 e. The molecule has 0 aliphatic heterocycles. The molecule has 0 saturated heterocycles. The molecule has 0 aliphatic carbocycles. The van der Waals surface area contributed by atoms with Crippen LogP contribution in [-0.2, 0) is 0 Å². The molecule has 0 spiro atoms. The first kappa shape index (κ1) is 17.7. The van der Waals surface area contributed by atoms with E-state index in [4.69, 9.17) is 4.74 Å². The molecule has 2 aromatic heterocycles. The molecule has 0 bridgehead atoms. The van der Waals surface area contributed by atoms with Crippen molar-refractivity contribution in [2.24, 2.45) is 0 Å². The number of ether oxygens (including phenoxy) is 1. The highest BCUT2D eigenvalue weighted by atomic mass is 16.5. The Hall–Kier alpha value is -3.15. The standard InChI is InChI=1S/C20H22N4O2/c1-4-19(15-8-6-10-21-13-15)24(2)20(25)18-12-17(22-23-18)14-7-5-9-16(11-14)26-3/h5-13,19H,4H2,1-3H3,(H,22,23). The van der Waals surface area contributed by atoms with Crippen LogP contribution in [-0.4, -0.2) is 40.1 Å². The van der Waals surface area contributed by atoms with Crippen molar-refractivity contribution in [3.05, 3.63) is 66.1 Å². The summed E-state index contributed by atoms with van der Waals surface area (Å²) in [6, 6.07) is 13.2. The summed E-state index contributed by atoms with van der Waals surface area (Å²) in [6.45, 7) is 2.05. The number of carbonyl (C=O) groups is 1. The minimum absolute atomic E-state index is 0.0419. The Bertz CT molecular complexity index is 876. The Kier molecular flexibility index (Phi) is 5.31. The molecule has 1 atom stereocenters. The van der Waals surface area contributed by atoms with Gasteiger partial charge >= 0.3 is 0 Å². The van der Waals surface area contributed by atoms with Gasteiger partial charge in [0.25, 0.3) is 5.91 Å². The molecule has 0 saturated carbocycles. The molecule has 1 N–H and O–H groups in total. The lowest BCUT2D eigenvalue weighted by atomic mass is 10.0. The number of aromatic nitrogens is 3. The summed E-state index contributed by atoms with van der Waals surface area (Å²) in [4.78, 5) is 18.8. The fourth-order valence-corrected chi connectivity index (χ4v) is 3.00. The molecule has 1 unspecified atom stereocenters. The summed E-state index contributed by atoms with van der Waals surface area (Å²) in [5.41, 5.74) is 3.06. The van der Waals surface area contributed by atoms with E-state index in [1.807, 2.05) is 36.4 Å². The fraction of sp³-hybridized carbons (Fsp3) is 0.250. The van der Waals surface area contributed by atoms with E-state index >= 15 is 0 Å². The van der Waals surface area contributed by atoms with Gasteiger partial charge in [-0.25, -0.2) is 0 Å². The van der Waals surface area contributed by atoms with Crippen molar-refractivity contribution in [1.29, 1.82) is 0 Å². The predicted octanol–water partition coefficient (Wildman–Crippen LogP) is 3.70. The number of aromatic amines is 1. The number of nitrogens with zero attached hydrogens (tertiary/aromatic N) is 3. The number of rotatable bonds is 6. The number of amides is 1. The van der Waals surface area contributed by atoms with Crippen LogP contribution in [0.15, 0.2) is 54.9 Å². The van der Waals surface area contributed by atoms with Gasteiger partial charge in [-0.1, -0.05) is 25.1 Å². The second kappa shape index (κ2) is 7.82. The number of methoxy groups -OCH3 is 1. The first-order valence-corrected chi connectivity index (χ1v) is 8.51. The van der Waals surface area contributed by atoms with E-state index in [2.05, 4.69) is 22.1 Å². The maximum atomic E-state index is 12.9. The fourth-order valence-electron chi connectivity index (χ4n) is 3.00. The maximum absolute atomic E-state index is 12.9. The van der Waals surface area contributed by atoms with Crippen LogP contribution in [0.4, 0.5) is 0 Å². The number of nitrogens with one attached hydrogen (secondary N) is 1. The quantitative estimate of drug-likeness (QED) is 0.736. The molecule has 3 aromatic rings. The Morgan fingerprint density at radius 1 is 1.27 bits per heavy atom. The van der Waals surface area contributed by atoms with Crippen molar-refractivity contribution >= 4 is 5.91 Å². The van der Waals surface area contributed by atoms with Gasteiger partial charge in [0, 0.05) is 25.0 Å². The van der Waals surface area contributed by atoms with Crippen molar-refractivity contribution in [3.63, 3.8) is 0 Å². The number of hydrogen-bond acceptors (Lipinski definition) is 4. The molecule has 26 heavy (non-hydrogen) atoms. The van der Waals surface area contributed by atoms with E-state index in [1.54, 1.807) is 37.5 Å². The van der Waals surface area contributed by atoms with Crippen molar-refractivity contribution < 1.29 is 9.53 Å². The number of pyridine rings is 1. The Balaban J connectivity index is 1.82. The Morgan fingerprint density at radius 2 is 2.12 bits per heavy atom. The zero-order valence-corrected chi connectivity index (χ0v) is 15.1. The lowest BCUT2D eigenvalue weighted by Crippen LogP contribution is -2.31. The predicted molar refractivity (Wildman–Crippen MR) is 99.9 cm³/mol. The van der Waals surface area contributed by atoms with Crippen molar-refractivity contribution in [3.8, 4) is 17.0 Å². The van der Waals surface area contributed by atoms with Gasteiger partial charge in [0.05, 0.1) is 18.8 Å². The minimum Gasteiger partial charge on any atom is -0.497 e. The molecule has 134 valence electrons. The largest absolute Gasteiger partial charge is 0.497 e. The summed E-state index contributed by atoms with van der Waals surface area (Å²) in [5, 5.41) is 7.14. The third-order valence-electron chi connectivity index (χ3n) is 4.42. The lowest BCUT2D eigenvalue weighted by Gasteiger charge is -2.27. The normalized spacial score (nSPS) is 11.8. The van der Waals surface area contributed by atoms with Gasteiger partial charge in [0.2, 0.25) is 0 Å². The molecule has 2 heterocycles. The molecule has 1 amide bonds. The molecule has 0 radical (unpaired) electrons. The van der Waals surface area contributed by atoms with Crippen LogP contribution in [0, 0.1) is 0 Å². The third kappa shape index (κ3) is 3.59. The van der Waals surface area contributed by atoms with E-state index in [-0.39, 0.29) is 11.9 Å². The summed E-state index contributed by atoms with van der Waals surface area (Å²) in [5.74, 6) is 0.639. The SMILES string of the molecule is CCC(c1cccnc1)N(C)C(=O)c1cc(-c2cccc(OC)c2)n[nH]1. The molecule has 3 rings (SSSR count). The Labute approximate surface area is 152 Å². The number of benzene rings is 1. The highest BCUT2D eigenvalue weighted by Crippen LogP contribution is 2.26. The van der Waals surface area contributed by atoms with E-state index in [1.165, 1.54) is 0 Å². The van der Waals surface area contributed by atoms with Crippen LogP contribution >= 0.6 is 0 Å². The second-order valence-corrected chi connectivity index (χ2v) is 6.03. The van der Waals surface area contributed by atoms with Gasteiger partial charge in [0.1, 0.15) is 11.4 Å². The second-order valence-electron chi connectivity index (χ2n) is 6.03. The average molecular weight is 350 g/mol. The van der Waals surface area contributed by atoms with Gasteiger partial charge in [-0.2, -0.15) is 5.10 Å². The van der Waals surface area contributed by atoms with Crippen LogP contribution in [0.5, 0.6) is 5.75 Å². The van der Waals surface area contributed by atoms with Crippen LogP contribution in [0.3, 0.4) is 0 Å². The highest BCUT2D eigenvalue weighted by molar-refractivity contribution is 5.93. The van der Waals surface area contributed by atoms with E-state index in [9.17, 15) is 4.79 Å². The smallest absolute Gasteiger partial charge is 0.272 e. The zero-order chi connectivity index (χ0) is 18.5. The third-order valence-corrected chi connectivity index (χ3v) is 4.42. The van der Waals surface area contributed by atoms with Gasteiger partial charge in [-0.15, -0.1) is 0 Å². The van der Waals surface area contributed by atoms with Crippen LogP contribution in [0.1, 0.15) is 35.4 Å². The highest BCUT2D eigenvalue weighted by Gasteiger charge is 2.23. The first-order chi connectivity index (χ1) is 12.6. The summed E-state index contributed by atoms with van der Waals surface area (Å²) in [6.07, 6.45) is 4.32. The van der Waals surface area contributed by atoms with Crippen LogP contribution in [0.2, 0.25) is 0 Å². The van der Waals surface area contributed by atoms with Crippen LogP contribution in [0.25, 0.3) is 11.3 Å². The monoisotopic (exact) mass is 350 g/mol. The number of H-pyrrole nitrogens is 1. The van der Waals surface area contributed by atoms with Gasteiger partial charge in [0.15, 0.2) is 0 Å². The zero-order valence-electron chi connectivity index (χ0n) is 15.1. The van der Waals surface area contributed by atoms with Crippen molar-refractivity contribution in [1.82, 2.24) is 20.1 Å². The van der Waals surface area contributed by atoms with Crippen LogP contribution < -0.4 is 4.74 Å². The lowest BCUT2D eigenvalue weighted by molar-refractivity contribution is 0.0720. The molecular formula is C20H22N4O2. The topological polar surface area (TPSA) is 71.1 Å². The summed E-state index contributed by atoms with van der Waals surface area (Å²) in [7, 11) is 3.42. The van der Waals surface area contributed by atoms with Gasteiger partial charge in [-0.3, -0.25) is 14.9 Å². The first-order valence-electron chi connectivity index (χ1n) is 8.51. The van der Waals surface area contributed by atoms with Gasteiger partial charge in [-0.05, 0) is 36.2 Å². The molecule has 0 aliphatic rings. The molecule has 6 heteroatoms. The molecule has 1 aromatic carbocycles.